The summed E-state index contributed by atoms with van der Waals surface area (Å²) in [4.78, 5) is 26.3. The van der Waals surface area contributed by atoms with Gasteiger partial charge in [-0.15, -0.1) is 16.4 Å². The van der Waals surface area contributed by atoms with E-state index in [1.807, 2.05) is 0 Å². The van der Waals surface area contributed by atoms with E-state index in [-0.39, 0.29) is 18.7 Å². The Labute approximate surface area is 137 Å². The summed E-state index contributed by atoms with van der Waals surface area (Å²) in [6.07, 6.45) is 2.93. The lowest BCUT2D eigenvalue weighted by Crippen LogP contribution is -2.29. The highest BCUT2D eigenvalue weighted by Crippen LogP contribution is 2.35. The molecule has 0 aromatic carbocycles. The van der Waals surface area contributed by atoms with Gasteiger partial charge in [-0.3, -0.25) is 9.59 Å². The Kier molecular flexibility index (Phi) is 4.72. The van der Waals surface area contributed by atoms with Gasteiger partial charge in [-0.05, 0) is 30.7 Å². The number of carbonyl (C=O) groups is 1. The van der Waals surface area contributed by atoms with Crippen LogP contribution in [0.15, 0.2) is 4.79 Å². The van der Waals surface area contributed by atoms with Gasteiger partial charge in [0, 0.05) is 12.0 Å². The van der Waals surface area contributed by atoms with E-state index in [1.165, 1.54) is 12.0 Å². The lowest BCUT2D eigenvalue weighted by Gasteiger charge is -2.17. The highest BCUT2D eigenvalue weighted by atomic mass is 32.1. The van der Waals surface area contributed by atoms with Crippen LogP contribution in [0.25, 0.3) is 10.2 Å². The first-order chi connectivity index (χ1) is 11.1. The van der Waals surface area contributed by atoms with Gasteiger partial charge in [-0.1, -0.05) is 12.1 Å². The molecule has 0 fully saturated rings. The van der Waals surface area contributed by atoms with Crippen molar-refractivity contribution in [1.82, 2.24) is 15.0 Å². The van der Waals surface area contributed by atoms with Crippen molar-refractivity contribution in [2.24, 2.45) is 5.92 Å². The molecule has 7 nitrogen and oxygen atoms in total. The number of methoxy groups -OCH3 is 1. The first-order valence-electron chi connectivity index (χ1n) is 7.62. The van der Waals surface area contributed by atoms with Gasteiger partial charge in [0.2, 0.25) is 0 Å². The molecule has 1 unspecified atom stereocenters. The van der Waals surface area contributed by atoms with Crippen molar-refractivity contribution >= 4 is 27.5 Å². The van der Waals surface area contributed by atoms with Crippen molar-refractivity contribution in [2.45, 2.75) is 32.7 Å². The third kappa shape index (κ3) is 3.28. The second kappa shape index (κ2) is 6.76. The molecule has 0 N–H and O–H groups in total. The summed E-state index contributed by atoms with van der Waals surface area (Å²) in [5.74, 6) is 0.108. The normalized spacial score (nSPS) is 17.2. The van der Waals surface area contributed by atoms with Gasteiger partial charge >= 0.3 is 5.97 Å². The third-order valence-electron chi connectivity index (χ3n) is 4.01. The topological polar surface area (TPSA) is 83.3 Å². The fourth-order valence-corrected chi connectivity index (χ4v) is 4.12. The maximum absolute atomic E-state index is 12.6. The zero-order valence-corrected chi connectivity index (χ0v) is 14.0. The van der Waals surface area contributed by atoms with E-state index >= 15 is 0 Å². The summed E-state index contributed by atoms with van der Waals surface area (Å²) >= 11 is 1.54. The van der Waals surface area contributed by atoms with E-state index in [0.29, 0.717) is 22.7 Å². The zero-order valence-electron chi connectivity index (χ0n) is 13.2. The molecule has 0 spiro atoms. The minimum absolute atomic E-state index is 0.158. The molecule has 8 heteroatoms. The van der Waals surface area contributed by atoms with Gasteiger partial charge in [-0.2, -0.15) is 4.68 Å². The minimum atomic E-state index is -0.518. The molecule has 0 amide bonds. The average Bonchev–Trinajstić information content (AvgIpc) is 2.88. The van der Waals surface area contributed by atoms with Crippen LogP contribution in [0, 0.1) is 5.92 Å². The summed E-state index contributed by atoms with van der Waals surface area (Å²) in [5, 5.41) is 8.61. The van der Waals surface area contributed by atoms with E-state index in [9.17, 15) is 9.59 Å². The molecular formula is C15H19N3O4S. The second-order valence-electron chi connectivity index (χ2n) is 5.80. The van der Waals surface area contributed by atoms with Crippen molar-refractivity contribution < 1.29 is 14.3 Å². The summed E-state index contributed by atoms with van der Waals surface area (Å²) in [7, 11) is 1.53. The Morgan fingerprint density at radius 3 is 3.04 bits per heavy atom. The SMILES string of the molecule is COCCOC(=O)Cn1nnc2sc3c(c2c1=O)CCC(C)C3. The highest BCUT2D eigenvalue weighted by Gasteiger charge is 2.24. The van der Waals surface area contributed by atoms with Crippen LogP contribution in [-0.4, -0.2) is 41.3 Å². The van der Waals surface area contributed by atoms with Gasteiger partial charge in [0.25, 0.3) is 5.56 Å². The maximum atomic E-state index is 12.6. The molecule has 23 heavy (non-hydrogen) atoms. The van der Waals surface area contributed by atoms with E-state index < -0.39 is 5.97 Å². The molecule has 0 saturated heterocycles. The molecular weight excluding hydrogens is 318 g/mol. The number of hydrogen-bond donors (Lipinski definition) is 0. The monoisotopic (exact) mass is 337 g/mol. The Bertz CT molecular complexity index is 783. The van der Waals surface area contributed by atoms with E-state index in [4.69, 9.17) is 9.47 Å². The van der Waals surface area contributed by atoms with Crippen LogP contribution in [0.1, 0.15) is 23.8 Å². The number of ether oxygens (including phenoxy) is 2. The fourth-order valence-electron chi connectivity index (χ4n) is 2.80. The number of carbonyl (C=O) groups excluding carboxylic acids is 1. The molecule has 1 aliphatic rings. The van der Waals surface area contributed by atoms with Gasteiger partial charge in [-0.25, -0.2) is 0 Å². The maximum Gasteiger partial charge on any atom is 0.328 e. The number of nitrogens with zero attached hydrogens (tertiary/aromatic N) is 3. The van der Waals surface area contributed by atoms with Crippen LogP contribution in [0.3, 0.4) is 0 Å². The van der Waals surface area contributed by atoms with Crippen LogP contribution in [0.4, 0.5) is 0 Å². The standard InChI is InChI=1S/C15H19N3O4S/c1-9-3-4-10-11(7-9)23-14-13(10)15(20)18(17-16-14)8-12(19)22-6-5-21-2/h9H,3-8H2,1-2H3. The second-order valence-corrected chi connectivity index (χ2v) is 6.88. The number of thiophene rings is 1. The lowest BCUT2D eigenvalue weighted by atomic mass is 9.89. The smallest absolute Gasteiger partial charge is 0.328 e. The molecule has 1 atom stereocenters. The molecule has 124 valence electrons. The predicted octanol–water partition coefficient (Wildman–Crippen LogP) is 1.17. The van der Waals surface area contributed by atoms with Crippen LogP contribution in [0.5, 0.6) is 0 Å². The van der Waals surface area contributed by atoms with Crippen LogP contribution < -0.4 is 5.56 Å². The fraction of sp³-hybridized carbons (Fsp3) is 0.600. The average molecular weight is 337 g/mol. The first-order valence-corrected chi connectivity index (χ1v) is 8.44. The number of esters is 1. The van der Waals surface area contributed by atoms with E-state index in [2.05, 4.69) is 17.2 Å². The Morgan fingerprint density at radius 1 is 1.43 bits per heavy atom. The molecule has 0 saturated carbocycles. The lowest BCUT2D eigenvalue weighted by molar-refractivity contribution is -0.145. The third-order valence-corrected chi connectivity index (χ3v) is 5.15. The number of hydrogen-bond acceptors (Lipinski definition) is 7. The van der Waals surface area contributed by atoms with Gasteiger partial charge < -0.3 is 9.47 Å². The summed E-state index contributed by atoms with van der Waals surface area (Å²) in [6.45, 7) is 2.47. The van der Waals surface area contributed by atoms with Crippen molar-refractivity contribution in [1.29, 1.82) is 0 Å². The summed E-state index contributed by atoms with van der Waals surface area (Å²) in [5.41, 5.74) is 0.829. The van der Waals surface area contributed by atoms with E-state index in [1.54, 1.807) is 11.3 Å². The summed E-state index contributed by atoms with van der Waals surface area (Å²) < 4.78 is 10.9. The van der Waals surface area contributed by atoms with Crippen LogP contribution >= 0.6 is 11.3 Å². The highest BCUT2D eigenvalue weighted by molar-refractivity contribution is 7.18. The Morgan fingerprint density at radius 2 is 2.26 bits per heavy atom. The van der Waals surface area contributed by atoms with Gasteiger partial charge in [0.05, 0.1) is 12.0 Å². The molecule has 0 aliphatic heterocycles. The molecule has 0 radical (unpaired) electrons. The minimum Gasteiger partial charge on any atom is -0.462 e. The van der Waals surface area contributed by atoms with Gasteiger partial charge in [0.15, 0.2) is 4.83 Å². The number of aryl methyl sites for hydroxylation is 1. The van der Waals surface area contributed by atoms with Crippen molar-refractivity contribution in [3.63, 3.8) is 0 Å². The number of aromatic nitrogens is 3. The number of fused-ring (bicyclic) bond motifs is 3. The molecule has 2 heterocycles. The summed E-state index contributed by atoms with van der Waals surface area (Å²) in [6, 6.07) is 0. The molecule has 0 bridgehead atoms. The van der Waals surface area contributed by atoms with Gasteiger partial charge in [0.1, 0.15) is 13.2 Å². The molecule has 2 aromatic heterocycles. The zero-order chi connectivity index (χ0) is 16.4. The molecule has 1 aliphatic carbocycles. The predicted molar refractivity (Wildman–Crippen MR) is 85.7 cm³/mol. The van der Waals surface area contributed by atoms with Crippen LogP contribution in [0.2, 0.25) is 0 Å². The van der Waals surface area contributed by atoms with Crippen molar-refractivity contribution in [3.8, 4) is 0 Å². The number of rotatable bonds is 5. The van der Waals surface area contributed by atoms with Crippen molar-refractivity contribution in [3.05, 3.63) is 20.8 Å². The molecule has 2 aromatic rings. The molecule has 3 rings (SSSR count). The first kappa shape index (κ1) is 16.1. The largest absolute Gasteiger partial charge is 0.462 e. The van der Waals surface area contributed by atoms with Crippen LogP contribution in [-0.2, 0) is 33.7 Å². The van der Waals surface area contributed by atoms with E-state index in [0.717, 1.165) is 29.5 Å². The Hall–Kier alpha value is -1.80. The quantitative estimate of drug-likeness (QED) is 0.601. The van der Waals surface area contributed by atoms with Crippen molar-refractivity contribution in [2.75, 3.05) is 20.3 Å². The Balaban J connectivity index is 1.87.